The van der Waals surface area contributed by atoms with E-state index in [-0.39, 0.29) is 17.7 Å². The zero-order valence-electron chi connectivity index (χ0n) is 21.5. The van der Waals surface area contributed by atoms with Crippen molar-refractivity contribution < 1.29 is 37.1 Å². The number of aliphatic carboxylic acids is 1. The number of oxazole rings is 1. The van der Waals surface area contributed by atoms with E-state index in [2.05, 4.69) is 10.3 Å². The molecule has 2 heterocycles. The summed E-state index contributed by atoms with van der Waals surface area (Å²) in [6, 6.07) is 14.9. The molecule has 2 amide bonds. The van der Waals surface area contributed by atoms with Gasteiger partial charge in [0.15, 0.2) is 5.69 Å². The lowest BCUT2D eigenvalue weighted by molar-refractivity contribution is -0.153. The SMILES string of the molecule is O=C(Nc1ccc(C2CCN(C(=O)C3CCCC3C(=O)O)CC2)cc1)c1nc(-c2ccccc2)oc1C(F)(F)F. The minimum absolute atomic E-state index is 0.0806. The number of hydrogen-bond acceptors (Lipinski definition) is 5. The molecule has 1 saturated heterocycles. The zero-order chi connectivity index (χ0) is 28.4. The summed E-state index contributed by atoms with van der Waals surface area (Å²) in [4.78, 5) is 42.8. The number of alkyl halides is 3. The average Bonchev–Trinajstić information content (AvgIpc) is 3.62. The summed E-state index contributed by atoms with van der Waals surface area (Å²) in [5.41, 5.74) is 0.756. The fourth-order valence-electron chi connectivity index (χ4n) is 5.62. The predicted octanol–water partition coefficient (Wildman–Crippen LogP) is 5.82. The molecule has 1 aliphatic heterocycles. The second-order valence-electron chi connectivity index (χ2n) is 10.2. The minimum atomic E-state index is -4.90. The molecule has 1 aliphatic carbocycles. The average molecular weight is 556 g/mol. The van der Waals surface area contributed by atoms with Gasteiger partial charge in [-0.05, 0) is 61.4 Å². The van der Waals surface area contributed by atoms with Gasteiger partial charge in [0.05, 0.1) is 11.8 Å². The molecule has 2 fully saturated rings. The van der Waals surface area contributed by atoms with Gasteiger partial charge in [0, 0.05) is 24.3 Å². The standard InChI is InChI=1S/C29H28F3N3O5/c30-29(31,32)24-23(34-26(40-24)19-5-2-1-3-6-19)25(36)33-20-11-9-17(10-12-20)18-13-15-35(16-14-18)27(37)21-7-4-8-22(21)28(38)39/h1-3,5-6,9-12,18,21-22H,4,7-8,13-16H2,(H,33,36)(H,38,39). The maximum atomic E-state index is 13.6. The Morgan fingerprint density at radius 3 is 2.20 bits per heavy atom. The van der Waals surface area contributed by atoms with Crippen LogP contribution in [0, 0.1) is 11.8 Å². The van der Waals surface area contributed by atoms with Gasteiger partial charge >= 0.3 is 12.1 Å². The van der Waals surface area contributed by atoms with Crippen molar-refractivity contribution in [2.45, 2.75) is 44.2 Å². The molecule has 1 aromatic heterocycles. The number of carboxylic acids is 1. The number of likely N-dealkylation sites (tertiary alicyclic amines) is 1. The number of piperidine rings is 1. The summed E-state index contributed by atoms with van der Waals surface area (Å²) < 4.78 is 45.7. The van der Waals surface area contributed by atoms with E-state index in [0.29, 0.717) is 50.0 Å². The highest BCUT2D eigenvalue weighted by molar-refractivity contribution is 6.04. The van der Waals surface area contributed by atoms with Gasteiger partial charge in [-0.1, -0.05) is 36.8 Å². The zero-order valence-corrected chi connectivity index (χ0v) is 21.5. The fraction of sp³-hybridized carbons (Fsp3) is 0.379. The summed E-state index contributed by atoms with van der Waals surface area (Å²) in [6.07, 6.45) is -1.60. The van der Waals surface area contributed by atoms with Crippen LogP contribution in [0.5, 0.6) is 0 Å². The predicted molar refractivity (Wildman–Crippen MR) is 138 cm³/mol. The van der Waals surface area contributed by atoms with Crippen LogP contribution in [-0.4, -0.2) is 45.9 Å². The molecule has 0 radical (unpaired) electrons. The van der Waals surface area contributed by atoms with Crippen molar-refractivity contribution in [2.24, 2.45) is 11.8 Å². The van der Waals surface area contributed by atoms with E-state index in [1.165, 1.54) is 12.1 Å². The van der Waals surface area contributed by atoms with Gasteiger partial charge in [0.2, 0.25) is 17.6 Å². The number of benzene rings is 2. The van der Waals surface area contributed by atoms with Gasteiger partial charge in [-0.15, -0.1) is 0 Å². The van der Waals surface area contributed by atoms with Gasteiger partial charge in [0.25, 0.3) is 5.91 Å². The molecular formula is C29H28F3N3O5. The lowest BCUT2D eigenvalue weighted by Crippen LogP contribution is -2.43. The summed E-state index contributed by atoms with van der Waals surface area (Å²) in [6.45, 7) is 1.06. The number of nitrogens with zero attached hydrogens (tertiary/aromatic N) is 2. The van der Waals surface area contributed by atoms with Crippen molar-refractivity contribution in [3.8, 4) is 11.5 Å². The molecule has 210 valence electrons. The number of carbonyl (C=O) groups is 3. The van der Waals surface area contributed by atoms with E-state index >= 15 is 0 Å². The highest BCUT2D eigenvalue weighted by Gasteiger charge is 2.42. The van der Waals surface area contributed by atoms with Crippen LogP contribution in [0.3, 0.4) is 0 Å². The lowest BCUT2D eigenvalue weighted by Gasteiger charge is -2.34. The molecule has 2 atom stereocenters. The molecule has 2 aromatic carbocycles. The largest absolute Gasteiger partial charge is 0.481 e. The van der Waals surface area contributed by atoms with Crippen molar-refractivity contribution in [1.82, 2.24) is 9.88 Å². The second-order valence-corrected chi connectivity index (χ2v) is 10.2. The Morgan fingerprint density at radius 1 is 0.925 bits per heavy atom. The van der Waals surface area contributed by atoms with Crippen LogP contribution in [0.1, 0.15) is 59.8 Å². The molecule has 2 N–H and O–H groups in total. The van der Waals surface area contributed by atoms with Crippen molar-refractivity contribution in [2.75, 3.05) is 18.4 Å². The van der Waals surface area contributed by atoms with Crippen molar-refractivity contribution in [3.63, 3.8) is 0 Å². The van der Waals surface area contributed by atoms with Crippen LogP contribution in [0.2, 0.25) is 0 Å². The summed E-state index contributed by atoms with van der Waals surface area (Å²) in [5, 5.41) is 11.9. The lowest BCUT2D eigenvalue weighted by atomic mass is 9.88. The smallest absolute Gasteiger partial charge is 0.452 e. The number of nitrogens with one attached hydrogen (secondary N) is 1. The molecule has 2 aliphatic rings. The van der Waals surface area contributed by atoms with E-state index < -0.39 is 41.3 Å². The topological polar surface area (TPSA) is 113 Å². The maximum Gasteiger partial charge on any atom is 0.452 e. The van der Waals surface area contributed by atoms with Crippen LogP contribution in [0.4, 0.5) is 18.9 Å². The highest BCUT2D eigenvalue weighted by Crippen LogP contribution is 2.37. The molecule has 0 bridgehead atoms. The molecule has 8 nitrogen and oxygen atoms in total. The number of carbonyl (C=O) groups excluding carboxylic acids is 2. The molecule has 0 spiro atoms. The Balaban J connectivity index is 1.22. The third-order valence-electron chi connectivity index (χ3n) is 7.72. The van der Waals surface area contributed by atoms with Crippen LogP contribution >= 0.6 is 0 Å². The van der Waals surface area contributed by atoms with E-state index in [1.807, 2.05) is 0 Å². The monoisotopic (exact) mass is 555 g/mol. The quantitative estimate of drug-likeness (QED) is 0.396. The molecule has 3 aromatic rings. The number of aromatic nitrogens is 1. The number of rotatable bonds is 6. The first-order chi connectivity index (χ1) is 19.1. The van der Waals surface area contributed by atoms with Crippen molar-refractivity contribution in [1.29, 1.82) is 0 Å². The summed E-state index contributed by atoms with van der Waals surface area (Å²) in [7, 11) is 0. The first kappa shape index (κ1) is 27.4. The molecule has 2 unspecified atom stereocenters. The Hall–Kier alpha value is -4.15. The van der Waals surface area contributed by atoms with Crippen LogP contribution < -0.4 is 5.32 Å². The number of amides is 2. The Kier molecular flexibility index (Phi) is 7.64. The number of hydrogen-bond donors (Lipinski definition) is 2. The van der Waals surface area contributed by atoms with E-state index in [0.717, 1.165) is 12.0 Å². The first-order valence-corrected chi connectivity index (χ1v) is 13.2. The third-order valence-corrected chi connectivity index (χ3v) is 7.72. The first-order valence-electron chi connectivity index (χ1n) is 13.2. The Bertz CT molecular complexity index is 1380. The van der Waals surface area contributed by atoms with Crippen molar-refractivity contribution in [3.05, 3.63) is 71.6 Å². The fourth-order valence-corrected chi connectivity index (χ4v) is 5.62. The highest BCUT2D eigenvalue weighted by atomic mass is 19.4. The van der Waals surface area contributed by atoms with Gasteiger partial charge in [0.1, 0.15) is 0 Å². The number of halogens is 3. The minimum Gasteiger partial charge on any atom is -0.481 e. The maximum absolute atomic E-state index is 13.6. The van der Waals surface area contributed by atoms with Gasteiger partial charge in [-0.2, -0.15) is 13.2 Å². The van der Waals surface area contributed by atoms with Crippen molar-refractivity contribution >= 4 is 23.5 Å². The third kappa shape index (κ3) is 5.73. The Labute approximate surface area is 228 Å². The normalized spacial score (nSPS) is 19.9. The van der Waals surface area contributed by atoms with Gasteiger partial charge < -0.3 is 19.7 Å². The molecule has 11 heteroatoms. The number of anilines is 1. The van der Waals surface area contributed by atoms with Crippen LogP contribution in [-0.2, 0) is 15.8 Å². The van der Waals surface area contributed by atoms with E-state index in [1.54, 1.807) is 47.4 Å². The van der Waals surface area contributed by atoms with Gasteiger partial charge in [-0.3, -0.25) is 14.4 Å². The Morgan fingerprint density at radius 2 is 1.57 bits per heavy atom. The van der Waals surface area contributed by atoms with Gasteiger partial charge in [-0.25, -0.2) is 4.98 Å². The summed E-state index contributed by atoms with van der Waals surface area (Å²) >= 11 is 0. The second kappa shape index (κ2) is 11.1. The van der Waals surface area contributed by atoms with Crippen LogP contribution in [0.25, 0.3) is 11.5 Å². The molecule has 5 rings (SSSR count). The number of carboxylic acid groups (broad SMARTS) is 1. The van der Waals surface area contributed by atoms with Crippen LogP contribution in [0.15, 0.2) is 59.0 Å². The molecule has 1 saturated carbocycles. The summed E-state index contributed by atoms with van der Waals surface area (Å²) in [5.74, 6) is -4.70. The molecule has 40 heavy (non-hydrogen) atoms. The van der Waals surface area contributed by atoms with E-state index in [4.69, 9.17) is 4.42 Å². The van der Waals surface area contributed by atoms with E-state index in [9.17, 15) is 32.7 Å². The molecular weight excluding hydrogens is 527 g/mol.